The molecule has 0 spiro atoms. The van der Waals surface area contributed by atoms with Crippen LogP contribution in [0.3, 0.4) is 0 Å². The number of rotatable bonds is 6. The Balaban J connectivity index is 1.00. The van der Waals surface area contributed by atoms with Crippen molar-refractivity contribution in [3.05, 3.63) is 230 Å². The molecule has 3 heteroatoms. The van der Waals surface area contributed by atoms with E-state index in [-0.39, 0.29) is 5.41 Å². The van der Waals surface area contributed by atoms with Gasteiger partial charge in [-0.05, 0) is 116 Å². The number of fused-ring (bicyclic) bond motifs is 10. The molecule has 0 atom stereocenters. The van der Waals surface area contributed by atoms with Crippen LogP contribution in [0.15, 0.2) is 223 Å². The lowest BCUT2D eigenvalue weighted by Crippen LogP contribution is -2.16. The summed E-state index contributed by atoms with van der Waals surface area (Å²) < 4.78 is 9.15. The fraction of sp³-hybridized carbons (Fsp3) is 0.0492. The van der Waals surface area contributed by atoms with Crippen LogP contribution in [0.1, 0.15) is 25.0 Å². The van der Waals surface area contributed by atoms with E-state index in [1.165, 1.54) is 66.1 Å². The Kier molecular flexibility index (Phi) is 7.95. The molecule has 0 saturated heterocycles. The lowest BCUT2D eigenvalue weighted by molar-refractivity contribution is 0.660. The Labute approximate surface area is 371 Å². The van der Waals surface area contributed by atoms with E-state index in [4.69, 9.17) is 4.42 Å². The van der Waals surface area contributed by atoms with E-state index in [9.17, 15) is 0 Å². The summed E-state index contributed by atoms with van der Waals surface area (Å²) in [4.78, 5) is 2.40. The van der Waals surface area contributed by atoms with E-state index in [0.717, 1.165) is 55.7 Å². The molecule has 0 N–H and O–H groups in total. The van der Waals surface area contributed by atoms with Crippen molar-refractivity contribution in [3.8, 4) is 39.1 Å². The Morgan fingerprint density at radius 1 is 0.406 bits per heavy atom. The van der Waals surface area contributed by atoms with Gasteiger partial charge in [0, 0.05) is 61.3 Å². The van der Waals surface area contributed by atoms with E-state index in [0.29, 0.717) is 0 Å². The first-order valence-corrected chi connectivity index (χ1v) is 22.2. The van der Waals surface area contributed by atoms with Crippen LogP contribution in [-0.2, 0) is 5.41 Å². The molecule has 302 valence electrons. The summed E-state index contributed by atoms with van der Waals surface area (Å²) in [5.41, 5.74) is 18.4. The van der Waals surface area contributed by atoms with Crippen LogP contribution in [0.2, 0.25) is 0 Å². The van der Waals surface area contributed by atoms with E-state index >= 15 is 0 Å². The first-order chi connectivity index (χ1) is 31.5. The highest BCUT2D eigenvalue weighted by atomic mass is 16.3. The molecule has 1 aliphatic rings. The van der Waals surface area contributed by atoms with Gasteiger partial charge in [0.1, 0.15) is 11.2 Å². The standard InChI is InChI=1S/C61H42N2O/c1-61(2)52-21-11-8-18-48(52)49-35-34-47(37-53(49)61)62(44-28-26-41(27-29-44)39-14-4-3-5-15-39)45-30-32-46(33-31-45)63-54-22-12-9-19-50(54)59-55(63)38-57-60(51-20-10-13-23-56(51)64-57)58(59)43-25-24-40-16-6-7-17-42(40)36-43/h3-38H,1-2H3. The number of hydrogen-bond acceptors (Lipinski definition) is 2. The zero-order valence-corrected chi connectivity index (χ0v) is 35.6. The van der Waals surface area contributed by atoms with Crippen LogP contribution in [-0.4, -0.2) is 4.57 Å². The summed E-state index contributed by atoms with van der Waals surface area (Å²) in [5, 5.41) is 7.14. The van der Waals surface area contributed by atoms with Gasteiger partial charge in [0.2, 0.25) is 0 Å². The second kappa shape index (κ2) is 13.9. The Morgan fingerprint density at radius 2 is 1.03 bits per heavy atom. The van der Waals surface area contributed by atoms with Gasteiger partial charge >= 0.3 is 0 Å². The van der Waals surface area contributed by atoms with Gasteiger partial charge < -0.3 is 13.9 Å². The Hall–Kier alpha value is -8.14. The van der Waals surface area contributed by atoms with Crippen molar-refractivity contribution in [2.24, 2.45) is 0 Å². The lowest BCUT2D eigenvalue weighted by atomic mass is 9.82. The molecule has 2 heterocycles. The number of para-hydroxylation sites is 2. The van der Waals surface area contributed by atoms with Crippen LogP contribution in [0.5, 0.6) is 0 Å². The molecule has 2 aromatic heterocycles. The molecule has 0 radical (unpaired) electrons. The molecule has 0 saturated carbocycles. The molecule has 0 aliphatic heterocycles. The van der Waals surface area contributed by atoms with Gasteiger partial charge in [0.05, 0.1) is 11.0 Å². The average molecular weight is 819 g/mol. The number of anilines is 3. The molecule has 64 heavy (non-hydrogen) atoms. The van der Waals surface area contributed by atoms with Crippen molar-refractivity contribution in [1.29, 1.82) is 0 Å². The molecule has 13 rings (SSSR count). The Morgan fingerprint density at radius 3 is 1.86 bits per heavy atom. The third-order valence-electron chi connectivity index (χ3n) is 13.8. The van der Waals surface area contributed by atoms with Gasteiger partial charge in [-0.25, -0.2) is 0 Å². The fourth-order valence-corrected chi connectivity index (χ4v) is 10.7. The summed E-state index contributed by atoms with van der Waals surface area (Å²) in [6, 6.07) is 79.6. The highest BCUT2D eigenvalue weighted by Gasteiger charge is 2.36. The SMILES string of the molecule is CC1(C)c2ccccc2-c2ccc(N(c3ccc(-c4ccccc4)cc3)c3ccc(-n4c5ccccc5c5c(-c6ccc7ccccc7c6)c6c(cc54)oc4ccccc46)cc3)cc21. The predicted molar refractivity (Wildman–Crippen MR) is 269 cm³/mol. The first-order valence-electron chi connectivity index (χ1n) is 22.2. The van der Waals surface area contributed by atoms with E-state index in [1.807, 2.05) is 0 Å². The number of nitrogens with zero attached hydrogens (tertiary/aromatic N) is 2. The summed E-state index contributed by atoms with van der Waals surface area (Å²) in [7, 11) is 0. The lowest BCUT2D eigenvalue weighted by Gasteiger charge is -2.28. The van der Waals surface area contributed by atoms with Gasteiger partial charge in [-0.15, -0.1) is 0 Å². The van der Waals surface area contributed by atoms with Gasteiger partial charge in [0.15, 0.2) is 0 Å². The van der Waals surface area contributed by atoms with Crippen LogP contribution >= 0.6 is 0 Å². The maximum absolute atomic E-state index is 6.73. The van der Waals surface area contributed by atoms with Gasteiger partial charge in [0.25, 0.3) is 0 Å². The fourth-order valence-electron chi connectivity index (χ4n) is 10.7. The van der Waals surface area contributed by atoms with E-state index < -0.39 is 0 Å². The Bertz CT molecular complexity index is 3800. The topological polar surface area (TPSA) is 21.3 Å². The molecule has 0 unspecified atom stereocenters. The largest absolute Gasteiger partial charge is 0.456 e. The minimum absolute atomic E-state index is 0.123. The minimum Gasteiger partial charge on any atom is -0.456 e. The smallest absolute Gasteiger partial charge is 0.138 e. The molecule has 1 aliphatic carbocycles. The monoisotopic (exact) mass is 818 g/mol. The van der Waals surface area contributed by atoms with Crippen molar-refractivity contribution in [1.82, 2.24) is 4.57 Å². The van der Waals surface area contributed by atoms with Crippen molar-refractivity contribution < 1.29 is 4.42 Å². The third-order valence-corrected chi connectivity index (χ3v) is 13.8. The maximum atomic E-state index is 6.73. The van der Waals surface area contributed by atoms with Gasteiger partial charge in [-0.2, -0.15) is 0 Å². The second-order valence-corrected chi connectivity index (χ2v) is 17.7. The number of aromatic nitrogens is 1. The quantitative estimate of drug-likeness (QED) is 0.167. The number of hydrogen-bond donors (Lipinski definition) is 0. The zero-order valence-electron chi connectivity index (χ0n) is 35.6. The predicted octanol–water partition coefficient (Wildman–Crippen LogP) is 16.9. The number of furan rings is 1. The molecule has 0 fully saturated rings. The molecule has 12 aromatic rings. The van der Waals surface area contributed by atoms with Crippen molar-refractivity contribution in [2.75, 3.05) is 4.90 Å². The van der Waals surface area contributed by atoms with Crippen molar-refractivity contribution >= 4 is 71.6 Å². The normalized spacial score (nSPS) is 13.0. The maximum Gasteiger partial charge on any atom is 0.138 e. The third kappa shape index (κ3) is 5.47. The first kappa shape index (κ1) is 36.5. The van der Waals surface area contributed by atoms with E-state index in [1.54, 1.807) is 0 Å². The summed E-state index contributed by atoms with van der Waals surface area (Å²) in [5.74, 6) is 0. The molecule has 10 aromatic carbocycles. The van der Waals surface area contributed by atoms with Gasteiger partial charge in [-0.1, -0.05) is 159 Å². The minimum atomic E-state index is -0.123. The van der Waals surface area contributed by atoms with Crippen LogP contribution < -0.4 is 4.90 Å². The zero-order chi connectivity index (χ0) is 42.5. The van der Waals surface area contributed by atoms with Crippen molar-refractivity contribution in [2.45, 2.75) is 19.3 Å². The van der Waals surface area contributed by atoms with Gasteiger partial charge in [-0.3, -0.25) is 0 Å². The van der Waals surface area contributed by atoms with Crippen LogP contribution in [0.25, 0.3) is 93.6 Å². The summed E-state index contributed by atoms with van der Waals surface area (Å²) in [6.07, 6.45) is 0. The number of benzene rings is 10. The molecular weight excluding hydrogens is 777 g/mol. The molecule has 3 nitrogen and oxygen atoms in total. The second-order valence-electron chi connectivity index (χ2n) is 17.7. The summed E-state index contributed by atoms with van der Waals surface area (Å²) >= 11 is 0. The molecule has 0 amide bonds. The average Bonchev–Trinajstić information content (AvgIpc) is 3.96. The van der Waals surface area contributed by atoms with E-state index in [2.05, 4.69) is 242 Å². The van der Waals surface area contributed by atoms with Crippen LogP contribution in [0.4, 0.5) is 17.1 Å². The molecule has 0 bridgehead atoms. The summed E-state index contributed by atoms with van der Waals surface area (Å²) in [6.45, 7) is 4.71. The van der Waals surface area contributed by atoms with Crippen LogP contribution in [0, 0.1) is 0 Å². The highest BCUT2D eigenvalue weighted by Crippen LogP contribution is 2.51. The van der Waals surface area contributed by atoms with Crippen molar-refractivity contribution in [3.63, 3.8) is 0 Å². The molecular formula is C61H42N2O. The highest BCUT2D eigenvalue weighted by molar-refractivity contribution is 6.27.